The van der Waals surface area contributed by atoms with E-state index in [2.05, 4.69) is 72.2 Å². The number of aliphatic carboxylic acids is 1. The van der Waals surface area contributed by atoms with Gasteiger partial charge in [0, 0.05) is 37.6 Å². The van der Waals surface area contributed by atoms with Crippen LogP contribution in [-0.4, -0.2) is 24.2 Å². The third kappa shape index (κ3) is 5.86. The van der Waals surface area contributed by atoms with Crippen LogP contribution in [0.2, 0.25) is 0 Å². The Balaban J connectivity index is 1.56. The summed E-state index contributed by atoms with van der Waals surface area (Å²) >= 11 is 0. The van der Waals surface area contributed by atoms with Gasteiger partial charge in [-0.15, -0.1) is 0 Å². The van der Waals surface area contributed by atoms with Crippen molar-refractivity contribution >= 4 is 17.3 Å². The van der Waals surface area contributed by atoms with Crippen molar-refractivity contribution in [3.8, 4) is 0 Å². The van der Waals surface area contributed by atoms with Gasteiger partial charge < -0.3 is 14.9 Å². The summed E-state index contributed by atoms with van der Waals surface area (Å²) in [4.78, 5) is 17.2. The van der Waals surface area contributed by atoms with Crippen molar-refractivity contribution in [2.45, 2.75) is 39.3 Å². The fourth-order valence-electron chi connectivity index (χ4n) is 4.80. The molecule has 0 spiro atoms. The molecule has 0 bridgehead atoms. The van der Waals surface area contributed by atoms with E-state index in [1.165, 1.54) is 11.1 Å². The Kier molecular flexibility index (Phi) is 8.29. The average molecular weight is 493 g/mol. The second kappa shape index (κ2) is 11.8. The van der Waals surface area contributed by atoms with Crippen LogP contribution in [0.5, 0.6) is 0 Å². The summed E-state index contributed by atoms with van der Waals surface area (Å²) < 4.78 is 0. The van der Waals surface area contributed by atoms with Crippen molar-refractivity contribution in [3.05, 3.63) is 131 Å². The number of hydrogen-bond donors (Lipinski definition) is 1. The van der Waals surface area contributed by atoms with Crippen LogP contribution in [-0.2, 0) is 23.3 Å². The molecule has 0 radical (unpaired) electrons. The van der Waals surface area contributed by atoms with Crippen molar-refractivity contribution < 1.29 is 9.90 Å². The molecule has 0 aliphatic heterocycles. The molecule has 0 aliphatic rings. The first-order valence-corrected chi connectivity index (χ1v) is 13.0. The van der Waals surface area contributed by atoms with Gasteiger partial charge in [0.2, 0.25) is 0 Å². The lowest BCUT2D eigenvalue weighted by molar-refractivity contribution is -0.141. The van der Waals surface area contributed by atoms with Gasteiger partial charge >= 0.3 is 5.97 Å². The lowest BCUT2D eigenvalue weighted by atomic mass is 9.76. The van der Waals surface area contributed by atoms with Gasteiger partial charge in [-0.1, -0.05) is 84.9 Å². The molecule has 1 N–H and O–H groups in total. The summed E-state index contributed by atoms with van der Waals surface area (Å²) in [6.45, 7) is 9.42. The largest absolute Gasteiger partial charge is 0.480 e. The number of hydrogen-bond acceptors (Lipinski definition) is 3. The SMILES string of the molecule is CCN(Cc1ccccc1)c1ccc(C(C)(C(=O)O)c2ccc(N(CC)Cc3ccccc3)cc2)cc1. The number of carbonyl (C=O) groups is 1. The topological polar surface area (TPSA) is 43.8 Å². The number of anilines is 2. The molecule has 4 aromatic rings. The average Bonchev–Trinajstić information content (AvgIpc) is 2.95. The van der Waals surface area contributed by atoms with Crippen LogP contribution >= 0.6 is 0 Å². The van der Waals surface area contributed by atoms with Gasteiger partial charge in [-0.25, -0.2) is 0 Å². The molecular formula is C33H36N2O2. The zero-order chi connectivity index (χ0) is 26.3. The van der Waals surface area contributed by atoms with Gasteiger partial charge in [0.15, 0.2) is 0 Å². The van der Waals surface area contributed by atoms with E-state index in [0.29, 0.717) is 0 Å². The van der Waals surface area contributed by atoms with Crippen LogP contribution in [0.25, 0.3) is 0 Å². The van der Waals surface area contributed by atoms with E-state index < -0.39 is 11.4 Å². The van der Waals surface area contributed by atoms with E-state index in [9.17, 15) is 9.90 Å². The maximum absolute atomic E-state index is 12.6. The highest BCUT2D eigenvalue weighted by Crippen LogP contribution is 2.35. The van der Waals surface area contributed by atoms with Crippen molar-refractivity contribution in [1.82, 2.24) is 0 Å². The number of carboxylic acids is 1. The molecule has 4 heteroatoms. The molecule has 0 heterocycles. The van der Waals surface area contributed by atoms with E-state index in [1.54, 1.807) is 6.92 Å². The number of nitrogens with zero attached hydrogens (tertiary/aromatic N) is 2. The number of rotatable bonds is 11. The van der Waals surface area contributed by atoms with Crippen molar-refractivity contribution in [1.29, 1.82) is 0 Å². The molecule has 4 nitrogen and oxygen atoms in total. The molecule has 0 amide bonds. The van der Waals surface area contributed by atoms with E-state index >= 15 is 0 Å². The lowest BCUT2D eigenvalue weighted by Gasteiger charge is -2.29. The highest BCUT2D eigenvalue weighted by Gasteiger charge is 2.37. The Morgan fingerprint density at radius 3 is 1.27 bits per heavy atom. The first kappa shape index (κ1) is 26.0. The third-order valence-corrected chi connectivity index (χ3v) is 7.24. The monoisotopic (exact) mass is 492 g/mol. The molecule has 4 aromatic carbocycles. The van der Waals surface area contributed by atoms with E-state index in [0.717, 1.165) is 48.7 Å². The molecule has 0 unspecified atom stereocenters. The third-order valence-electron chi connectivity index (χ3n) is 7.24. The molecule has 0 aromatic heterocycles. The minimum atomic E-state index is -1.15. The van der Waals surface area contributed by atoms with Gasteiger partial charge in [0.05, 0.1) is 0 Å². The van der Waals surface area contributed by atoms with Gasteiger partial charge in [-0.05, 0) is 67.3 Å². The van der Waals surface area contributed by atoms with Gasteiger partial charge in [0.1, 0.15) is 5.41 Å². The van der Waals surface area contributed by atoms with Crippen LogP contribution in [0.4, 0.5) is 11.4 Å². The summed E-state index contributed by atoms with van der Waals surface area (Å²) in [6.07, 6.45) is 0. The lowest BCUT2D eigenvalue weighted by Crippen LogP contribution is -2.34. The smallest absolute Gasteiger partial charge is 0.318 e. The number of benzene rings is 4. The van der Waals surface area contributed by atoms with E-state index in [1.807, 2.05) is 60.7 Å². The van der Waals surface area contributed by atoms with Crippen LogP contribution < -0.4 is 9.80 Å². The van der Waals surface area contributed by atoms with E-state index in [4.69, 9.17) is 0 Å². The predicted molar refractivity (Wildman–Crippen MR) is 153 cm³/mol. The highest BCUT2D eigenvalue weighted by atomic mass is 16.4. The van der Waals surface area contributed by atoms with Gasteiger partial charge in [-0.3, -0.25) is 4.79 Å². The minimum Gasteiger partial charge on any atom is -0.480 e. The molecule has 190 valence electrons. The molecule has 0 saturated heterocycles. The predicted octanol–water partition coefficient (Wildman–Crippen LogP) is 7.13. The first-order valence-electron chi connectivity index (χ1n) is 13.0. The molecular weight excluding hydrogens is 456 g/mol. The standard InChI is InChI=1S/C33H36N2O2/c1-4-34(24-26-12-8-6-9-13-26)30-20-16-28(17-21-30)33(3,32(36)37)29-18-22-31(23-19-29)35(5-2)25-27-14-10-7-11-15-27/h6-23H,4-5,24-25H2,1-3H3,(H,36,37). The van der Waals surface area contributed by atoms with Crippen LogP contribution in [0.15, 0.2) is 109 Å². The van der Waals surface area contributed by atoms with Crippen LogP contribution in [0.3, 0.4) is 0 Å². The summed E-state index contributed by atoms with van der Waals surface area (Å²) in [5.74, 6) is -0.860. The van der Waals surface area contributed by atoms with Crippen molar-refractivity contribution in [2.75, 3.05) is 22.9 Å². The maximum Gasteiger partial charge on any atom is 0.318 e. The highest BCUT2D eigenvalue weighted by molar-refractivity contribution is 5.86. The Hall–Kier alpha value is -4.05. The molecule has 0 aliphatic carbocycles. The second-order valence-electron chi connectivity index (χ2n) is 9.52. The fourth-order valence-corrected chi connectivity index (χ4v) is 4.80. The summed E-state index contributed by atoms with van der Waals surface area (Å²) in [7, 11) is 0. The quantitative estimate of drug-likeness (QED) is 0.242. The van der Waals surface area contributed by atoms with Crippen molar-refractivity contribution in [2.24, 2.45) is 0 Å². The Labute approximate surface area is 220 Å². The van der Waals surface area contributed by atoms with Crippen molar-refractivity contribution in [3.63, 3.8) is 0 Å². The summed E-state index contributed by atoms with van der Waals surface area (Å²) in [5.41, 5.74) is 5.04. The fraction of sp³-hybridized carbons (Fsp3) is 0.242. The van der Waals surface area contributed by atoms with Gasteiger partial charge in [-0.2, -0.15) is 0 Å². The van der Waals surface area contributed by atoms with Crippen LogP contribution in [0, 0.1) is 0 Å². The zero-order valence-corrected chi connectivity index (χ0v) is 22.0. The Morgan fingerprint density at radius 1 is 0.622 bits per heavy atom. The molecule has 4 rings (SSSR count). The normalized spacial score (nSPS) is 11.2. The molecule has 37 heavy (non-hydrogen) atoms. The van der Waals surface area contributed by atoms with E-state index in [-0.39, 0.29) is 0 Å². The maximum atomic E-state index is 12.6. The summed E-state index contributed by atoms with van der Waals surface area (Å²) in [6, 6.07) is 36.7. The van der Waals surface area contributed by atoms with Gasteiger partial charge in [0.25, 0.3) is 0 Å². The van der Waals surface area contributed by atoms with Crippen LogP contribution in [0.1, 0.15) is 43.0 Å². The minimum absolute atomic E-state index is 0.767. The molecule has 0 atom stereocenters. The number of carboxylic acid groups (broad SMARTS) is 1. The summed E-state index contributed by atoms with van der Waals surface area (Å²) in [5, 5.41) is 10.4. The zero-order valence-electron chi connectivity index (χ0n) is 22.0. The molecule has 0 saturated carbocycles. The Morgan fingerprint density at radius 2 is 0.973 bits per heavy atom. The Bertz CT molecular complexity index is 1180. The second-order valence-corrected chi connectivity index (χ2v) is 9.52. The molecule has 0 fully saturated rings. The first-order chi connectivity index (χ1) is 18.0.